The maximum absolute atomic E-state index is 12.6. The number of rotatable bonds is 4. The second-order valence-electron chi connectivity index (χ2n) is 7.00. The zero-order valence-corrected chi connectivity index (χ0v) is 13.1. The summed E-state index contributed by atoms with van der Waals surface area (Å²) < 4.78 is 5.29. The third-order valence-electron chi connectivity index (χ3n) is 5.01. The topological polar surface area (TPSA) is 59.2 Å². The monoisotopic (exact) mass is 301 g/mol. The predicted molar refractivity (Wildman–Crippen MR) is 81.1 cm³/mol. The molecule has 0 bridgehead atoms. The average molecular weight is 301 g/mol. The molecule has 0 radical (unpaired) electrons. The van der Waals surface area contributed by atoms with Gasteiger partial charge in [-0.3, -0.25) is 4.79 Å². The molecule has 22 heavy (non-hydrogen) atoms. The highest BCUT2D eigenvalue weighted by molar-refractivity contribution is 5.88. The molecule has 1 saturated heterocycles. The number of allylic oxidation sites excluding steroid dienone is 1. The number of amides is 1. The van der Waals surface area contributed by atoms with Gasteiger partial charge in [-0.1, -0.05) is 10.7 Å². The second kappa shape index (κ2) is 5.52. The van der Waals surface area contributed by atoms with Crippen molar-refractivity contribution in [1.82, 2.24) is 15.0 Å². The highest BCUT2D eigenvalue weighted by Gasteiger charge is 2.37. The number of carbonyl (C=O) groups excluding carboxylic acids is 1. The van der Waals surface area contributed by atoms with Crippen LogP contribution in [0.25, 0.3) is 0 Å². The van der Waals surface area contributed by atoms with Crippen LogP contribution < -0.4 is 0 Å². The molecule has 1 amide bonds. The lowest BCUT2D eigenvalue weighted by Crippen LogP contribution is -2.38. The summed E-state index contributed by atoms with van der Waals surface area (Å²) >= 11 is 0. The lowest BCUT2D eigenvalue weighted by Gasteiger charge is -2.30. The van der Waals surface area contributed by atoms with Crippen LogP contribution in [0.1, 0.15) is 56.2 Å². The van der Waals surface area contributed by atoms with E-state index in [2.05, 4.69) is 10.1 Å². The predicted octanol–water partition coefficient (Wildman–Crippen LogP) is 2.83. The molecule has 1 aromatic rings. The van der Waals surface area contributed by atoms with Crippen molar-refractivity contribution >= 4 is 5.91 Å². The first-order chi connectivity index (χ1) is 10.7. The van der Waals surface area contributed by atoms with Crippen LogP contribution in [-0.4, -0.2) is 34.0 Å². The van der Waals surface area contributed by atoms with Crippen LogP contribution in [0.2, 0.25) is 0 Å². The van der Waals surface area contributed by atoms with Crippen LogP contribution in [0.3, 0.4) is 0 Å². The fourth-order valence-corrected chi connectivity index (χ4v) is 3.49. The maximum atomic E-state index is 12.6. The molecule has 3 aliphatic rings. The molecule has 5 nitrogen and oxygen atoms in total. The lowest BCUT2D eigenvalue weighted by molar-refractivity contribution is -0.127. The van der Waals surface area contributed by atoms with Crippen molar-refractivity contribution < 1.29 is 9.32 Å². The molecule has 4 rings (SSSR count). The Hall–Kier alpha value is -1.65. The highest BCUT2D eigenvalue weighted by Crippen LogP contribution is 2.48. The van der Waals surface area contributed by atoms with Gasteiger partial charge in [0, 0.05) is 19.2 Å². The number of carbonyl (C=O) groups is 1. The van der Waals surface area contributed by atoms with Gasteiger partial charge in [-0.05, 0) is 57.3 Å². The summed E-state index contributed by atoms with van der Waals surface area (Å²) in [6.07, 6.45) is 9.09. The number of nitrogens with zero attached hydrogens (tertiary/aromatic N) is 3. The Morgan fingerprint density at radius 2 is 1.95 bits per heavy atom. The van der Waals surface area contributed by atoms with E-state index in [4.69, 9.17) is 4.52 Å². The van der Waals surface area contributed by atoms with E-state index in [9.17, 15) is 4.79 Å². The lowest BCUT2D eigenvalue weighted by atomic mass is 9.97. The molecule has 5 heteroatoms. The molecule has 1 aromatic heterocycles. The van der Waals surface area contributed by atoms with E-state index in [0.29, 0.717) is 30.1 Å². The third kappa shape index (κ3) is 2.94. The fraction of sp³-hybridized carbons (Fsp3) is 0.706. The summed E-state index contributed by atoms with van der Waals surface area (Å²) in [6.45, 7) is 3.39. The molecule has 3 fully saturated rings. The smallest absolute Gasteiger partial charge is 0.246 e. The number of hydrogen-bond donors (Lipinski definition) is 0. The zero-order valence-electron chi connectivity index (χ0n) is 13.1. The van der Waals surface area contributed by atoms with Crippen LogP contribution in [0, 0.1) is 18.8 Å². The van der Waals surface area contributed by atoms with Crippen molar-refractivity contribution in [2.75, 3.05) is 13.1 Å². The van der Waals surface area contributed by atoms with E-state index in [1.807, 2.05) is 17.9 Å². The summed E-state index contributed by atoms with van der Waals surface area (Å²) in [5.41, 5.74) is 1.43. The Morgan fingerprint density at radius 3 is 2.55 bits per heavy atom. The number of aryl methyl sites for hydroxylation is 1. The molecule has 2 saturated carbocycles. The SMILES string of the molecule is Cc1noc([C@@H]2CCCN(C(=O)C=C(C3CC3)C3CC3)C2)n1. The maximum Gasteiger partial charge on any atom is 0.246 e. The first kappa shape index (κ1) is 14.0. The van der Waals surface area contributed by atoms with E-state index in [-0.39, 0.29) is 11.8 Å². The molecule has 0 unspecified atom stereocenters. The first-order valence-electron chi connectivity index (χ1n) is 8.51. The second-order valence-corrected chi connectivity index (χ2v) is 7.00. The van der Waals surface area contributed by atoms with Gasteiger partial charge in [-0.2, -0.15) is 4.98 Å². The van der Waals surface area contributed by atoms with Gasteiger partial charge in [0.15, 0.2) is 5.82 Å². The van der Waals surface area contributed by atoms with Gasteiger partial charge in [0.1, 0.15) is 0 Å². The van der Waals surface area contributed by atoms with Crippen LogP contribution >= 0.6 is 0 Å². The molecule has 118 valence electrons. The molecule has 1 atom stereocenters. The minimum Gasteiger partial charge on any atom is -0.339 e. The molecular formula is C17H23N3O2. The van der Waals surface area contributed by atoms with E-state index in [1.54, 1.807) is 0 Å². The highest BCUT2D eigenvalue weighted by atomic mass is 16.5. The fourth-order valence-electron chi connectivity index (χ4n) is 3.49. The van der Waals surface area contributed by atoms with Crippen molar-refractivity contribution in [2.45, 2.75) is 51.4 Å². The van der Waals surface area contributed by atoms with Gasteiger partial charge >= 0.3 is 0 Å². The Morgan fingerprint density at radius 1 is 1.23 bits per heavy atom. The first-order valence-corrected chi connectivity index (χ1v) is 8.51. The Balaban J connectivity index is 1.45. The van der Waals surface area contributed by atoms with Crippen molar-refractivity contribution in [3.63, 3.8) is 0 Å². The molecule has 0 N–H and O–H groups in total. The summed E-state index contributed by atoms with van der Waals surface area (Å²) in [5.74, 6) is 3.14. The number of piperidine rings is 1. The number of likely N-dealkylation sites (tertiary alicyclic amines) is 1. The molecule has 1 aliphatic heterocycles. The van der Waals surface area contributed by atoms with Crippen LogP contribution in [0.15, 0.2) is 16.2 Å². The van der Waals surface area contributed by atoms with E-state index in [1.165, 1.54) is 31.3 Å². The summed E-state index contributed by atoms with van der Waals surface area (Å²) in [4.78, 5) is 18.9. The van der Waals surface area contributed by atoms with Crippen molar-refractivity contribution in [3.05, 3.63) is 23.4 Å². The molecule has 2 aliphatic carbocycles. The van der Waals surface area contributed by atoms with Gasteiger partial charge in [0.05, 0.1) is 5.92 Å². The van der Waals surface area contributed by atoms with E-state index >= 15 is 0 Å². The number of aromatic nitrogens is 2. The Kier molecular flexibility index (Phi) is 3.51. The van der Waals surface area contributed by atoms with Gasteiger partial charge in [-0.25, -0.2) is 0 Å². The van der Waals surface area contributed by atoms with E-state index < -0.39 is 0 Å². The summed E-state index contributed by atoms with van der Waals surface area (Å²) in [6, 6.07) is 0. The molecule has 0 spiro atoms. The quantitative estimate of drug-likeness (QED) is 0.802. The van der Waals surface area contributed by atoms with Gasteiger partial charge in [-0.15, -0.1) is 0 Å². The van der Waals surface area contributed by atoms with Crippen LogP contribution in [0.4, 0.5) is 0 Å². The van der Waals surface area contributed by atoms with E-state index in [0.717, 1.165) is 19.4 Å². The Bertz CT molecular complexity index is 585. The average Bonchev–Trinajstić information content (AvgIpc) is 3.44. The zero-order chi connectivity index (χ0) is 15.1. The molecule has 0 aromatic carbocycles. The van der Waals surface area contributed by atoms with Crippen LogP contribution in [-0.2, 0) is 4.79 Å². The molecular weight excluding hydrogens is 278 g/mol. The van der Waals surface area contributed by atoms with Gasteiger partial charge in [0.2, 0.25) is 11.8 Å². The van der Waals surface area contributed by atoms with Crippen molar-refractivity contribution in [3.8, 4) is 0 Å². The minimum absolute atomic E-state index is 0.190. The molecule has 2 heterocycles. The third-order valence-corrected chi connectivity index (χ3v) is 5.01. The van der Waals surface area contributed by atoms with Crippen molar-refractivity contribution in [1.29, 1.82) is 0 Å². The Labute approximate surface area is 130 Å². The summed E-state index contributed by atoms with van der Waals surface area (Å²) in [7, 11) is 0. The van der Waals surface area contributed by atoms with Crippen molar-refractivity contribution in [2.24, 2.45) is 11.8 Å². The number of hydrogen-bond acceptors (Lipinski definition) is 4. The minimum atomic E-state index is 0.190. The summed E-state index contributed by atoms with van der Waals surface area (Å²) in [5, 5.41) is 3.87. The normalized spacial score (nSPS) is 25.1. The largest absolute Gasteiger partial charge is 0.339 e. The van der Waals surface area contributed by atoms with Gasteiger partial charge in [0.25, 0.3) is 0 Å². The van der Waals surface area contributed by atoms with Gasteiger partial charge < -0.3 is 9.42 Å². The standard InChI is InChI=1S/C17H23N3O2/c1-11-18-17(22-19-11)14-3-2-8-20(10-14)16(21)9-15(12-4-5-12)13-6-7-13/h9,12-14H,2-8,10H2,1H3/t14-/m1/s1. The van der Waals surface area contributed by atoms with Crippen LogP contribution in [0.5, 0.6) is 0 Å².